The monoisotopic (exact) mass is 231 g/mol. The average Bonchev–Trinajstić information content (AvgIpc) is 2.86. The first-order chi connectivity index (χ1) is 8.38. The van der Waals surface area contributed by atoms with E-state index in [1.54, 1.807) is 7.11 Å². The largest absolute Gasteiger partial charge is 0.497 e. The predicted octanol–water partition coefficient (Wildman–Crippen LogP) is 1.59. The quantitative estimate of drug-likeness (QED) is 0.824. The average molecular weight is 231 g/mol. The zero-order valence-corrected chi connectivity index (χ0v) is 9.99. The molecule has 0 radical (unpaired) electrons. The van der Waals surface area contributed by atoms with Crippen molar-refractivity contribution in [3.8, 4) is 5.75 Å². The van der Waals surface area contributed by atoms with Crippen LogP contribution in [-0.4, -0.2) is 38.3 Å². The molecule has 1 aliphatic heterocycles. The molecule has 1 aliphatic rings. The van der Waals surface area contributed by atoms with Crippen LogP contribution >= 0.6 is 0 Å². The highest BCUT2D eigenvalue weighted by molar-refractivity contribution is 5.94. The molecular weight excluding hydrogens is 214 g/mol. The van der Waals surface area contributed by atoms with Gasteiger partial charge in [-0.1, -0.05) is 0 Å². The van der Waals surface area contributed by atoms with Crippen molar-refractivity contribution in [2.24, 2.45) is 0 Å². The van der Waals surface area contributed by atoms with Crippen LogP contribution in [-0.2, 0) is 0 Å². The van der Waals surface area contributed by atoms with Gasteiger partial charge in [0.1, 0.15) is 5.75 Å². The van der Waals surface area contributed by atoms with E-state index in [4.69, 9.17) is 4.74 Å². The number of hydrogen-bond donors (Lipinski definition) is 2. The maximum absolute atomic E-state index is 5.36. The van der Waals surface area contributed by atoms with Crippen molar-refractivity contribution < 1.29 is 4.74 Å². The lowest BCUT2D eigenvalue weighted by atomic mass is 10.1. The number of benzene rings is 1. The van der Waals surface area contributed by atoms with Crippen molar-refractivity contribution in [1.29, 1.82) is 0 Å². The summed E-state index contributed by atoms with van der Waals surface area (Å²) >= 11 is 0. The maximum atomic E-state index is 5.36. The number of piperazine rings is 1. The van der Waals surface area contributed by atoms with E-state index in [1.165, 1.54) is 11.1 Å². The van der Waals surface area contributed by atoms with E-state index in [-0.39, 0.29) is 0 Å². The molecule has 1 saturated heterocycles. The molecule has 0 atom stereocenters. The molecule has 1 aromatic heterocycles. The van der Waals surface area contributed by atoms with Crippen LogP contribution in [0, 0.1) is 0 Å². The number of methoxy groups -OCH3 is 1. The highest BCUT2D eigenvalue weighted by Gasteiger charge is 2.14. The second-order valence-corrected chi connectivity index (χ2v) is 4.32. The SMILES string of the molecule is COc1cc(N2CCNCC2)c2cc[nH]c2c1. The Morgan fingerprint density at radius 2 is 2.06 bits per heavy atom. The zero-order valence-electron chi connectivity index (χ0n) is 9.99. The summed E-state index contributed by atoms with van der Waals surface area (Å²) in [5.41, 5.74) is 2.40. The molecule has 2 heterocycles. The van der Waals surface area contributed by atoms with Crippen LogP contribution in [0.2, 0.25) is 0 Å². The molecular formula is C13H17N3O. The zero-order chi connectivity index (χ0) is 11.7. The minimum absolute atomic E-state index is 0.911. The van der Waals surface area contributed by atoms with Gasteiger partial charge >= 0.3 is 0 Å². The van der Waals surface area contributed by atoms with Gasteiger partial charge in [-0.3, -0.25) is 0 Å². The van der Waals surface area contributed by atoms with Crippen molar-refractivity contribution in [2.45, 2.75) is 0 Å². The fraction of sp³-hybridized carbons (Fsp3) is 0.385. The first kappa shape index (κ1) is 10.5. The van der Waals surface area contributed by atoms with Crippen LogP contribution in [0.5, 0.6) is 5.75 Å². The Morgan fingerprint density at radius 1 is 1.24 bits per heavy atom. The smallest absolute Gasteiger partial charge is 0.123 e. The third-order valence-corrected chi connectivity index (χ3v) is 3.31. The number of nitrogens with zero attached hydrogens (tertiary/aromatic N) is 1. The molecule has 1 fully saturated rings. The summed E-state index contributed by atoms with van der Waals surface area (Å²) in [7, 11) is 1.71. The lowest BCUT2D eigenvalue weighted by Gasteiger charge is -2.30. The first-order valence-corrected chi connectivity index (χ1v) is 5.99. The van der Waals surface area contributed by atoms with Crippen molar-refractivity contribution in [1.82, 2.24) is 10.3 Å². The Kier molecular flexibility index (Phi) is 2.65. The molecule has 0 spiro atoms. The van der Waals surface area contributed by atoms with Crippen molar-refractivity contribution in [3.63, 3.8) is 0 Å². The van der Waals surface area contributed by atoms with Gasteiger partial charge in [0.05, 0.1) is 12.6 Å². The number of aromatic amines is 1. The van der Waals surface area contributed by atoms with E-state index in [1.807, 2.05) is 12.3 Å². The molecule has 4 heteroatoms. The Labute approximate surface area is 101 Å². The molecule has 0 bridgehead atoms. The van der Waals surface area contributed by atoms with Gasteiger partial charge in [-0.25, -0.2) is 0 Å². The van der Waals surface area contributed by atoms with Crippen LogP contribution in [0.25, 0.3) is 10.9 Å². The molecule has 0 amide bonds. The van der Waals surface area contributed by atoms with E-state index in [0.29, 0.717) is 0 Å². The summed E-state index contributed by atoms with van der Waals surface area (Å²) in [5, 5.41) is 4.65. The second kappa shape index (κ2) is 4.30. The predicted molar refractivity (Wildman–Crippen MR) is 69.9 cm³/mol. The summed E-state index contributed by atoms with van der Waals surface area (Å²) in [5.74, 6) is 0.911. The molecule has 1 aromatic carbocycles. The number of ether oxygens (including phenoxy) is 1. The number of aromatic nitrogens is 1. The van der Waals surface area contributed by atoms with E-state index >= 15 is 0 Å². The Hall–Kier alpha value is -1.68. The number of fused-ring (bicyclic) bond motifs is 1. The Morgan fingerprint density at radius 3 is 2.82 bits per heavy atom. The fourth-order valence-electron chi connectivity index (χ4n) is 2.41. The Bertz CT molecular complexity index is 514. The second-order valence-electron chi connectivity index (χ2n) is 4.32. The van der Waals surface area contributed by atoms with E-state index in [9.17, 15) is 0 Å². The number of nitrogens with one attached hydrogen (secondary N) is 2. The number of hydrogen-bond acceptors (Lipinski definition) is 3. The minimum Gasteiger partial charge on any atom is -0.497 e. The van der Waals surface area contributed by atoms with Gasteiger partial charge in [0.15, 0.2) is 0 Å². The van der Waals surface area contributed by atoms with Gasteiger partial charge in [0.2, 0.25) is 0 Å². The first-order valence-electron chi connectivity index (χ1n) is 5.99. The summed E-state index contributed by atoms with van der Waals surface area (Å²) in [6.45, 7) is 4.19. The molecule has 0 aliphatic carbocycles. The molecule has 0 saturated carbocycles. The van der Waals surface area contributed by atoms with E-state index in [2.05, 4.69) is 27.3 Å². The van der Waals surface area contributed by atoms with Crippen LogP contribution < -0.4 is 15.0 Å². The van der Waals surface area contributed by atoms with Gasteiger partial charge in [0.25, 0.3) is 0 Å². The summed E-state index contributed by atoms with van der Waals surface area (Å²) in [6.07, 6.45) is 1.98. The fourth-order valence-corrected chi connectivity index (χ4v) is 2.41. The van der Waals surface area contributed by atoms with Gasteiger partial charge in [-0.2, -0.15) is 0 Å². The van der Waals surface area contributed by atoms with E-state index < -0.39 is 0 Å². The molecule has 0 unspecified atom stereocenters. The summed E-state index contributed by atoms with van der Waals surface area (Å²) < 4.78 is 5.36. The minimum atomic E-state index is 0.911. The molecule has 4 nitrogen and oxygen atoms in total. The lowest BCUT2D eigenvalue weighted by Crippen LogP contribution is -2.43. The molecule has 2 aromatic rings. The molecule has 3 rings (SSSR count). The highest BCUT2D eigenvalue weighted by Crippen LogP contribution is 2.31. The van der Waals surface area contributed by atoms with Gasteiger partial charge in [-0.15, -0.1) is 0 Å². The standard InChI is InChI=1S/C13H17N3O/c1-17-10-8-12-11(2-3-15-12)13(9-10)16-6-4-14-5-7-16/h2-3,8-9,14-15H,4-7H2,1H3. The highest BCUT2D eigenvalue weighted by atomic mass is 16.5. The van der Waals surface area contributed by atoms with E-state index in [0.717, 1.165) is 37.4 Å². The maximum Gasteiger partial charge on any atom is 0.123 e. The van der Waals surface area contributed by atoms with Crippen molar-refractivity contribution in [2.75, 3.05) is 38.2 Å². The third kappa shape index (κ3) is 1.85. The number of anilines is 1. The number of rotatable bonds is 2. The van der Waals surface area contributed by atoms with Gasteiger partial charge in [-0.05, 0) is 6.07 Å². The molecule has 17 heavy (non-hydrogen) atoms. The van der Waals surface area contributed by atoms with Crippen LogP contribution in [0.3, 0.4) is 0 Å². The summed E-state index contributed by atoms with van der Waals surface area (Å²) in [6, 6.07) is 6.30. The molecule has 90 valence electrons. The van der Waals surface area contributed by atoms with Crippen LogP contribution in [0.4, 0.5) is 5.69 Å². The van der Waals surface area contributed by atoms with Gasteiger partial charge < -0.3 is 19.9 Å². The van der Waals surface area contributed by atoms with Crippen molar-refractivity contribution >= 4 is 16.6 Å². The summed E-state index contributed by atoms with van der Waals surface area (Å²) in [4.78, 5) is 5.66. The van der Waals surface area contributed by atoms with Gasteiger partial charge in [0, 0.05) is 55.6 Å². The normalized spacial score (nSPS) is 16.4. The van der Waals surface area contributed by atoms with Crippen LogP contribution in [0.15, 0.2) is 24.4 Å². The molecule has 2 N–H and O–H groups in total. The number of H-pyrrole nitrogens is 1. The third-order valence-electron chi connectivity index (χ3n) is 3.31. The Balaban J connectivity index is 2.08. The van der Waals surface area contributed by atoms with Crippen molar-refractivity contribution in [3.05, 3.63) is 24.4 Å². The van der Waals surface area contributed by atoms with Crippen LogP contribution in [0.1, 0.15) is 0 Å². The lowest BCUT2D eigenvalue weighted by molar-refractivity contribution is 0.415. The topological polar surface area (TPSA) is 40.3 Å².